The molecular weight excluding hydrogens is 448 g/mol. The lowest BCUT2D eigenvalue weighted by molar-refractivity contribution is -0.144. The third-order valence-corrected chi connectivity index (χ3v) is 6.23. The fraction of sp³-hybridized carbons (Fsp3) is 0.100. The zero-order chi connectivity index (χ0) is 21.7. The maximum atomic E-state index is 12.0. The van der Waals surface area contributed by atoms with Gasteiger partial charge in [-0.1, -0.05) is 41.9 Å². The molecular formula is C20H17ClN2O5S2. The minimum Gasteiger partial charge on any atom is -0.455 e. The Morgan fingerprint density at radius 2 is 1.77 bits per heavy atom. The summed E-state index contributed by atoms with van der Waals surface area (Å²) in [6.45, 7) is -0.505. The number of amides is 1. The van der Waals surface area contributed by atoms with E-state index >= 15 is 0 Å². The largest absolute Gasteiger partial charge is 0.455 e. The Bertz CT molecular complexity index is 1210. The molecule has 0 fully saturated rings. The van der Waals surface area contributed by atoms with Crippen molar-refractivity contribution in [3.8, 4) is 0 Å². The summed E-state index contributed by atoms with van der Waals surface area (Å²) in [5, 5.41) is 9.92. The molecule has 0 unspecified atom stereocenters. The number of halogens is 1. The number of fused-ring (bicyclic) bond motifs is 1. The van der Waals surface area contributed by atoms with Crippen molar-refractivity contribution >= 4 is 61.7 Å². The molecule has 10 heteroatoms. The first-order valence-electron chi connectivity index (χ1n) is 8.62. The van der Waals surface area contributed by atoms with Crippen LogP contribution in [0.1, 0.15) is 0 Å². The molecule has 1 amide bonds. The number of thioether (sulfide) groups is 1. The van der Waals surface area contributed by atoms with E-state index in [9.17, 15) is 18.0 Å². The first-order chi connectivity index (χ1) is 14.2. The number of ether oxygens (including phenoxy) is 1. The molecule has 3 N–H and O–H groups in total. The molecule has 0 saturated heterocycles. The molecule has 0 atom stereocenters. The summed E-state index contributed by atoms with van der Waals surface area (Å²) < 4.78 is 27.7. The van der Waals surface area contributed by atoms with Crippen LogP contribution in [-0.4, -0.2) is 32.7 Å². The molecule has 0 heterocycles. The van der Waals surface area contributed by atoms with Crippen LogP contribution in [0, 0.1) is 0 Å². The van der Waals surface area contributed by atoms with Gasteiger partial charge in [-0.15, -0.1) is 11.8 Å². The third-order valence-electron chi connectivity index (χ3n) is 3.97. The second kappa shape index (κ2) is 9.48. The van der Waals surface area contributed by atoms with Crippen molar-refractivity contribution in [1.29, 1.82) is 0 Å². The molecule has 0 bridgehead atoms. The molecule has 3 aromatic rings. The topological polar surface area (TPSA) is 116 Å². The number of sulfonamides is 1. The van der Waals surface area contributed by atoms with Crippen molar-refractivity contribution in [2.75, 3.05) is 17.7 Å². The number of primary sulfonamides is 1. The fourth-order valence-electron chi connectivity index (χ4n) is 2.65. The Balaban J connectivity index is 1.54. The third kappa shape index (κ3) is 5.73. The summed E-state index contributed by atoms with van der Waals surface area (Å²) >= 11 is 7.53. The van der Waals surface area contributed by atoms with Gasteiger partial charge in [0.15, 0.2) is 6.61 Å². The van der Waals surface area contributed by atoms with Crippen LogP contribution in [-0.2, 0) is 24.3 Å². The molecule has 0 spiro atoms. The SMILES string of the molecule is NS(=O)(=O)c1cccc(NC(=O)COC(=O)CSc2cccc3cccc(Cl)c23)c1. The Hall–Kier alpha value is -2.59. The molecule has 7 nitrogen and oxygen atoms in total. The maximum absolute atomic E-state index is 12.0. The van der Waals surface area contributed by atoms with Crippen LogP contribution in [0.3, 0.4) is 0 Å². The highest BCUT2D eigenvalue weighted by Crippen LogP contribution is 2.33. The van der Waals surface area contributed by atoms with Gasteiger partial charge in [0, 0.05) is 21.0 Å². The number of benzene rings is 3. The number of hydrogen-bond donors (Lipinski definition) is 2. The minimum absolute atomic E-state index is 0.00147. The lowest BCUT2D eigenvalue weighted by atomic mass is 10.1. The molecule has 0 aromatic heterocycles. The number of nitrogens with two attached hydrogens (primary N) is 1. The minimum atomic E-state index is -3.89. The number of esters is 1. The molecule has 0 aliphatic rings. The molecule has 0 saturated carbocycles. The molecule has 30 heavy (non-hydrogen) atoms. The molecule has 3 aromatic carbocycles. The predicted octanol–water partition coefficient (Wildman–Crippen LogP) is 3.41. The quantitative estimate of drug-likeness (QED) is 0.409. The van der Waals surface area contributed by atoms with Crippen molar-refractivity contribution in [3.63, 3.8) is 0 Å². The summed E-state index contributed by atoms with van der Waals surface area (Å²) in [6, 6.07) is 16.7. The van der Waals surface area contributed by atoms with Gasteiger partial charge in [-0.3, -0.25) is 9.59 Å². The maximum Gasteiger partial charge on any atom is 0.316 e. The summed E-state index contributed by atoms with van der Waals surface area (Å²) in [7, 11) is -3.89. The molecule has 0 aliphatic carbocycles. The lowest BCUT2D eigenvalue weighted by Gasteiger charge is -2.09. The van der Waals surface area contributed by atoms with Crippen molar-refractivity contribution < 1.29 is 22.7 Å². The standard InChI is InChI=1S/C20H17ClN2O5S2/c21-16-8-1-4-13-5-2-9-17(20(13)16)29-12-19(25)28-11-18(24)23-14-6-3-7-15(10-14)30(22,26)27/h1-10H,11-12H2,(H,23,24)(H2,22,26,27). The van der Waals surface area contributed by atoms with Crippen molar-refractivity contribution in [1.82, 2.24) is 0 Å². The smallest absolute Gasteiger partial charge is 0.316 e. The number of nitrogens with one attached hydrogen (secondary N) is 1. The Morgan fingerprint density at radius 1 is 1.07 bits per heavy atom. The summed E-state index contributed by atoms with van der Waals surface area (Å²) in [5.74, 6) is -1.18. The normalized spacial score (nSPS) is 11.3. The van der Waals surface area contributed by atoms with Gasteiger partial charge in [0.05, 0.1) is 10.6 Å². The van der Waals surface area contributed by atoms with Gasteiger partial charge in [-0.05, 0) is 35.7 Å². The Labute approximate surface area is 182 Å². The van der Waals surface area contributed by atoms with Crippen LogP contribution in [0.4, 0.5) is 5.69 Å². The number of hydrogen-bond acceptors (Lipinski definition) is 6. The highest BCUT2D eigenvalue weighted by molar-refractivity contribution is 8.00. The van der Waals surface area contributed by atoms with E-state index in [2.05, 4.69) is 5.32 Å². The lowest BCUT2D eigenvalue weighted by Crippen LogP contribution is -2.22. The van der Waals surface area contributed by atoms with E-state index in [1.54, 1.807) is 6.07 Å². The Morgan fingerprint density at radius 3 is 2.50 bits per heavy atom. The van der Waals surface area contributed by atoms with E-state index in [1.165, 1.54) is 36.0 Å². The van der Waals surface area contributed by atoms with E-state index in [-0.39, 0.29) is 16.3 Å². The van der Waals surface area contributed by atoms with Crippen molar-refractivity contribution in [2.24, 2.45) is 5.14 Å². The first-order valence-corrected chi connectivity index (χ1v) is 11.5. The predicted molar refractivity (Wildman–Crippen MR) is 117 cm³/mol. The Kier molecular flexibility index (Phi) is 6.99. The van der Waals surface area contributed by atoms with Gasteiger partial charge in [-0.2, -0.15) is 0 Å². The van der Waals surface area contributed by atoms with Crippen LogP contribution in [0.15, 0.2) is 70.5 Å². The summed E-state index contributed by atoms with van der Waals surface area (Å²) in [4.78, 5) is 24.7. The summed E-state index contributed by atoms with van der Waals surface area (Å²) in [6.07, 6.45) is 0. The average Bonchev–Trinajstić information content (AvgIpc) is 2.70. The van der Waals surface area contributed by atoms with Crippen LogP contribution in [0.5, 0.6) is 0 Å². The molecule has 0 radical (unpaired) electrons. The van der Waals surface area contributed by atoms with Gasteiger partial charge in [0.1, 0.15) is 0 Å². The van der Waals surface area contributed by atoms with Gasteiger partial charge in [0.25, 0.3) is 5.91 Å². The van der Waals surface area contributed by atoms with E-state index in [1.807, 2.05) is 30.3 Å². The van der Waals surface area contributed by atoms with Crippen LogP contribution in [0.25, 0.3) is 10.8 Å². The van der Waals surface area contributed by atoms with E-state index in [0.29, 0.717) is 5.02 Å². The van der Waals surface area contributed by atoms with Crippen molar-refractivity contribution in [3.05, 3.63) is 65.7 Å². The monoisotopic (exact) mass is 464 g/mol. The first kappa shape index (κ1) is 22.1. The summed E-state index contributed by atoms with van der Waals surface area (Å²) in [5.41, 5.74) is 0.224. The van der Waals surface area contributed by atoms with Crippen LogP contribution < -0.4 is 10.5 Å². The van der Waals surface area contributed by atoms with Gasteiger partial charge in [-0.25, -0.2) is 13.6 Å². The molecule has 0 aliphatic heterocycles. The number of carbonyl (C=O) groups is 2. The van der Waals surface area contributed by atoms with E-state index < -0.39 is 28.5 Å². The zero-order valence-electron chi connectivity index (χ0n) is 15.5. The van der Waals surface area contributed by atoms with Crippen LogP contribution >= 0.6 is 23.4 Å². The van der Waals surface area contributed by atoms with Gasteiger partial charge in [0.2, 0.25) is 10.0 Å². The number of anilines is 1. The number of carbonyl (C=O) groups excluding carboxylic acids is 2. The zero-order valence-corrected chi connectivity index (χ0v) is 17.9. The second-order valence-corrected chi connectivity index (χ2v) is 9.15. The average molecular weight is 465 g/mol. The van der Waals surface area contributed by atoms with Gasteiger partial charge >= 0.3 is 5.97 Å². The molecule has 3 rings (SSSR count). The van der Waals surface area contributed by atoms with E-state index in [0.717, 1.165) is 15.7 Å². The van der Waals surface area contributed by atoms with Crippen LogP contribution in [0.2, 0.25) is 5.02 Å². The van der Waals surface area contributed by atoms with Gasteiger partial charge < -0.3 is 10.1 Å². The highest BCUT2D eigenvalue weighted by Gasteiger charge is 2.13. The van der Waals surface area contributed by atoms with Crippen molar-refractivity contribution in [2.45, 2.75) is 9.79 Å². The fourth-order valence-corrected chi connectivity index (χ4v) is 4.46. The molecule has 156 valence electrons. The number of rotatable bonds is 7. The second-order valence-electron chi connectivity index (χ2n) is 6.16. The highest BCUT2D eigenvalue weighted by atomic mass is 35.5. The van der Waals surface area contributed by atoms with E-state index in [4.69, 9.17) is 21.5 Å².